The van der Waals surface area contributed by atoms with Gasteiger partial charge in [0, 0.05) is 12.1 Å². The number of ether oxygens (including phenoxy) is 1. The van der Waals surface area contributed by atoms with Gasteiger partial charge in [0.1, 0.15) is 0 Å². The summed E-state index contributed by atoms with van der Waals surface area (Å²) in [7, 11) is 1.92. The second-order valence-electron chi connectivity index (χ2n) is 7.31. The first-order chi connectivity index (χ1) is 9.78. The SMILES string of the molecule is CNC1COCC1C(=O)NC1CC2CC1C1CCCC21. The summed E-state index contributed by atoms with van der Waals surface area (Å²) in [6.07, 6.45) is 6.88. The summed E-state index contributed by atoms with van der Waals surface area (Å²) in [5, 5.41) is 6.58. The Morgan fingerprint density at radius 1 is 1.05 bits per heavy atom. The lowest BCUT2D eigenvalue weighted by molar-refractivity contribution is -0.126. The molecule has 7 atom stereocenters. The number of likely N-dealkylation sites (N-methyl/N-ethyl adjacent to an activating group) is 1. The van der Waals surface area contributed by atoms with Gasteiger partial charge >= 0.3 is 0 Å². The average Bonchev–Trinajstić information content (AvgIpc) is 3.19. The predicted molar refractivity (Wildman–Crippen MR) is 76.1 cm³/mol. The van der Waals surface area contributed by atoms with Gasteiger partial charge in [-0.3, -0.25) is 4.79 Å². The van der Waals surface area contributed by atoms with Gasteiger partial charge in [-0.1, -0.05) is 6.42 Å². The lowest BCUT2D eigenvalue weighted by Crippen LogP contribution is -2.49. The number of hydrogen-bond donors (Lipinski definition) is 2. The number of carbonyl (C=O) groups is 1. The maximum absolute atomic E-state index is 12.5. The van der Waals surface area contributed by atoms with E-state index < -0.39 is 0 Å². The van der Waals surface area contributed by atoms with Gasteiger partial charge in [0.2, 0.25) is 5.91 Å². The maximum atomic E-state index is 12.5. The minimum atomic E-state index is -0.00139. The van der Waals surface area contributed by atoms with Crippen LogP contribution in [0.25, 0.3) is 0 Å². The topological polar surface area (TPSA) is 50.4 Å². The molecule has 0 radical (unpaired) electrons. The van der Waals surface area contributed by atoms with Crippen LogP contribution in [0.4, 0.5) is 0 Å². The van der Waals surface area contributed by atoms with Gasteiger partial charge in [-0.2, -0.15) is 0 Å². The van der Waals surface area contributed by atoms with Crippen molar-refractivity contribution in [3.8, 4) is 0 Å². The Kier molecular flexibility index (Phi) is 3.26. The van der Waals surface area contributed by atoms with E-state index in [1.807, 2.05) is 7.05 Å². The Morgan fingerprint density at radius 3 is 2.75 bits per heavy atom. The second-order valence-corrected chi connectivity index (χ2v) is 7.31. The molecule has 1 heterocycles. The van der Waals surface area contributed by atoms with Gasteiger partial charge in [-0.25, -0.2) is 0 Å². The van der Waals surface area contributed by atoms with Crippen LogP contribution in [0.15, 0.2) is 0 Å². The smallest absolute Gasteiger partial charge is 0.227 e. The largest absolute Gasteiger partial charge is 0.379 e. The normalized spacial score (nSPS) is 49.5. The van der Waals surface area contributed by atoms with E-state index >= 15 is 0 Å². The van der Waals surface area contributed by atoms with E-state index in [4.69, 9.17) is 4.74 Å². The van der Waals surface area contributed by atoms with Crippen LogP contribution in [0.3, 0.4) is 0 Å². The third-order valence-corrected chi connectivity index (χ3v) is 6.54. The van der Waals surface area contributed by atoms with Crippen LogP contribution in [0, 0.1) is 29.6 Å². The van der Waals surface area contributed by atoms with Crippen molar-refractivity contribution in [2.24, 2.45) is 29.6 Å². The van der Waals surface area contributed by atoms with E-state index in [2.05, 4.69) is 10.6 Å². The standard InChI is InChI=1S/C16H26N2O2/c1-17-15-8-20-7-13(15)16(19)18-14-6-9-5-12(14)11-4-2-3-10(9)11/h9-15,17H,2-8H2,1H3,(H,18,19). The molecular weight excluding hydrogens is 252 g/mol. The van der Waals surface area contributed by atoms with Crippen LogP contribution in [-0.2, 0) is 9.53 Å². The summed E-state index contributed by atoms with van der Waals surface area (Å²) in [4.78, 5) is 12.5. The first kappa shape index (κ1) is 13.1. The molecule has 2 N–H and O–H groups in total. The minimum absolute atomic E-state index is 0.00139. The van der Waals surface area contributed by atoms with Crippen molar-refractivity contribution >= 4 is 5.91 Å². The van der Waals surface area contributed by atoms with E-state index in [1.54, 1.807) is 0 Å². The lowest BCUT2D eigenvalue weighted by atomic mass is 9.79. The summed E-state index contributed by atoms with van der Waals surface area (Å²) in [6.45, 7) is 1.24. The zero-order valence-corrected chi connectivity index (χ0v) is 12.3. The quantitative estimate of drug-likeness (QED) is 0.814. The Bertz CT molecular complexity index is 400. The Labute approximate surface area is 121 Å². The molecule has 0 spiro atoms. The van der Waals surface area contributed by atoms with Crippen LogP contribution in [0.1, 0.15) is 32.1 Å². The number of fused-ring (bicyclic) bond motifs is 5. The van der Waals surface area contributed by atoms with Gasteiger partial charge in [-0.15, -0.1) is 0 Å². The molecule has 0 aromatic rings. The van der Waals surface area contributed by atoms with Crippen molar-refractivity contribution in [2.75, 3.05) is 20.3 Å². The Morgan fingerprint density at radius 2 is 1.90 bits per heavy atom. The molecular formula is C16H26N2O2. The number of rotatable bonds is 3. The fourth-order valence-corrected chi connectivity index (χ4v) is 5.62. The molecule has 4 aliphatic rings. The van der Waals surface area contributed by atoms with Crippen molar-refractivity contribution in [3.05, 3.63) is 0 Å². The molecule has 3 saturated carbocycles. The minimum Gasteiger partial charge on any atom is -0.379 e. The zero-order chi connectivity index (χ0) is 13.7. The van der Waals surface area contributed by atoms with Crippen LogP contribution in [0.5, 0.6) is 0 Å². The molecule has 1 aliphatic heterocycles. The molecule has 112 valence electrons. The highest BCUT2D eigenvalue weighted by Crippen LogP contribution is 2.58. The number of hydrogen-bond acceptors (Lipinski definition) is 3. The van der Waals surface area contributed by atoms with Crippen molar-refractivity contribution in [2.45, 2.75) is 44.2 Å². The molecule has 7 unspecified atom stereocenters. The fourth-order valence-electron chi connectivity index (χ4n) is 5.62. The molecule has 4 nitrogen and oxygen atoms in total. The summed E-state index contributed by atoms with van der Waals surface area (Å²) >= 11 is 0. The van der Waals surface area contributed by atoms with Gasteiger partial charge in [-0.05, 0) is 56.4 Å². The van der Waals surface area contributed by atoms with Gasteiger partial charge in [0.15, 0.2) is 0 Å². The highest BCUT2D eigenvalue weighted by atomic mass is 16.5. The molecule has 4 fully saturated rings. The van der Waals surface area contributed by atoms with E-state index in [0.29, 0.717) is 19.3 Å². The molecule has 4 rings (SSSR count). The molecule has 1 saturated heterocycles. The van der Waals surface area contributed by atoms with Crippen LogP contribution in [0.2, 0.25) is 0 Å². The van der Waals surface area contributed by atoms with Gasteiger partial charge < -0.3 is 15.4 Å². The Hall–Kier alpha value is -0.610. The van der Waals surface area contributed by atoms with Gasteiger partial charge in [0.25, 0.3) is 0 Å². The molecule has 20 heavy (non-hydrogen) atoms. The third kappa shape index (κ3) is 1.92. The predicted octanol–water partition coefficient (Wildman–Crippen LogP) is 1.16. The second kappa shape index (κ2) is 4.99. The fraction of sp³-hybridized carbons (Fsp3) is 0.938. The van der Waals surface area contributed by atoms with Crippen LogP contribution < -0.4 is 10.6 Å². The molecule has 2 bridgehead atoms. The summed E-state index contributed by atoms with van der Waals surface area (Å²) in [5.41, 5.74) is 0. The van der Waals surface area contributed by atoms with Crippen LogP contribution in [-0.4, -0.2) is 38.3 Å². The van der Waals surface area contributed by atoms with Crippen molar-refractivity contribution in [1.82, 2.24) is 10.6 Å². The summed E-state index contributed by atoms with van der Waals surface area (Å²) in [6, 6.07) is 0.637. The Balaban J connectivity index is 1.39. The summed E-state index contributed by atoms with van der Waals surface area (Å²) in [5.74, 6) is 3.80. The molecule has 1 amide bonds. The number of nitrogens with one attached hydrogen (secondary N) is 2. The van der Waals surface area contributed by atoms with Crippen molar-refractivity contribution in [3.63, 3.8) is 0 Å². The molecule has 3 aliphatic carbocycles. The number of amides is 1. The van der Waals surface area contributed by atoms with E-state index in [0.717, 1.165) is 23.7 Å². The highest BCUT2D eigenvalue weighted by molar-refractivity contribution is 5.80. The monoisotopic (exact) mass is 278 g/mol. The van der Waals surface area contributed by atoms with E-state index in [9.17, 15) is 4.79 Å². The van der Waals surface area contributed by atoms with Crippen LogP contribution >= 0.6 is 0 Å². The third-order valence-electron chi connectivity index (χ3n) is 6.54. The number of carbonyl (C=O) groups excluding carboxylic acids is 1. The molecule has 0 aromatic carbocycles. The van der Waals surface area contributed by atoms with E-state index in [1.165, 1.54) is 32.1 Å². The maximum Gasteiger partial charge on any atom is 0.227 e. The van der Waals surface area contributed by atoms with Gasteiger partial charge in [0.05, 0.1) is 19.1 Å². The van der Waals surface area contributed by atoms with Crippen molar-refractivity contribution in [1.29, 1.82) is 0 Å². The van der Waals surface area contributed by atoms with E-state index in [-0.39, 0.29) is 17.9 Å². The first-order valence-corrected chi connectivity index (χ1v) is 8.33. The lowest BCUT2D eigenvalue weighted by Gasteiger charge is -2.33. The summed E-state index contributed by atoms with van der Waals surface area (Å²) < 4.78 is 5.45. The first-order valence-electron chi connectivity index (χ1n) is 8.33. The average molecular weight is 278 g/mol. The molecule has 4 heteroatoms. The molecule has 0 aromatic heterocycles. The highest BCUT2D eigenvalue weighted by Gasteiger charge is 2.54. The zero-order valence-electron chi connectivity index (χ0n) is 12.3. The van der Waals surface area contributed by atoms with Crippen molar-refractivity contribution < 1.29 is 9.53 Å².